The molecule has 3 aromatic carbocycles. The van der Waals surface area contributed by atoms with Crippen molar-refractivity contribution in [3.63, 3.8) is 0 Å². The highest BCUT2D eigenvalue weighted by Gasteiger charge is 2.53. The minimum Gasteiger partial charge on any atom is -0.443 e. The van der Waals surface area contributed by atoms with Crippen molar-refractivity contribution in [3.8, 4) is 0 Å². The number of imide groups is 1. The minimum atomic E-state index is -0.850. The summed E-state index contributed by atoms with van der Waals surface area (Å²) in [6, 6.07) is 23.9. The van der Waals surface area contributed by atoms with Crippen LogP contribution in [0.15, 0.2) is 78.9 Å². The predicted molar refractivity (Wildman–Crippen MR) is 143 cm³/mol. The first kappa shape index (κ1) is 26.2. The number of carbonyl (C=O) groups is 2. The second-order valence-corrected chi connectivity index (χ2v) is 10.8. The number of amides is 2. The summed E-state index contributed by atoms with van der Waals surface area (Å²) < 4.78 is 5.71. The molecule has 4 rings (SSSR count). The molecule has 0 unspecified atom stereocenters. The molecular formula is C29H30Cl2N2O3. The number of nitrogens with zero attached hydrogens (tertiary/aromatic N) is 2. The van der Waals surface area contributed by atoms with Crippen LogP contribution in [0.5, 0.6) is 0 Å². The van der Waals surface area contributed by atoms with E-state index in [0.29, 0.717) is 22.0 Å². The fourth-order valence-corrected chi connectivity index (χ4v) is 5.26. The maximum atomic E-state index is 14.1. The molecule has 3 aromatic rings. The van der Waals surface area contributed by atoms with Crippen LogP contribution in [0.25, 0.3) is 0 Å². The topological polar surface area (TPSA) is 49.9 Å². The molecule has 1 saturated heterocycles. The third-order valence-corrected chi connectivity index (χ3v) is 6.92. The average molecular weight is 525 g/mol. The first-order chi connectivity index (χ1) is 17.1. The molecule has 0 aromatic heterocycles. The molecule has 0 N–H and O–H groups in total. The molecule has 1 aliphatic heterocycles. The van der Waals surface area contributed by atoms with Crippen molar-refractivity contribution in [1.82, 2.24) is 9.80 Å². The van der Waals surface area contributed by atoms with E-state index in [1.54, 1.807) is 39.0 Å². The van der Waals surface area contributed by atoms with Crippen LogP contribution in [0.1, 0.15) is 56.6 Å². The Morgan fingerprint density at radius 2 is 1.47 bits per heavy atom. The van der Waals surface area contributed by atoms with Gasteiger partial charge in [-0.2, -0.15) is 0 Å². The third-order valence-electron chi connectivity index (χ3n) is 6.26. The van der Waals surface area contributed by atoms with Gasteiger partial charge in [-0.05, 0) is 57.4 Å². The Bertz CT molecular complexity index is 1210. The smallest absolute Gasteiger partial charge is 0.418 e. The van der Waals surface area contributed by atoms with Gasteiger partial charge in [0.2, 0.25) is 0 Å². The fraction of sp³-hybridized carbons (Fsp3) is 0.310. The van der Waals surface area contributed by atoms with E-state index in [2.05, 4.69) is 0 Å². The van der Waals surface area contributed by atoms with Crippen LogP contribution in [0, 0.1) is 0 Å². The molecule has 0 bridgehead atoms. The summed E-state index contributed by atoms with van der Waals surface area (Å²) in [5.74, 6) is -0.350. The minimum absolute atomic E-state index is 0.242. The van der Waals surface area contributed by atoms with Crippen LogP contribution in [0.2, 0.25) is 10.0 Å². The number of hydrogen-bond donors (Lipinski definition) is 0. The number of ether oxygens (including phenoxy) is 1. The van der Waals surface area contributed by atoms with Crippen molar-refractivity contribution in [2.75, 3.05) is 0 Å². The summed E-state index contributed by atoms with van der Waals surface area (Å²) in [7, 11) is 0. The molecule has 0 aliphatic carbocycles. The van der Waals surface area contributed by atoms with Gasteiger partial charge >= 0.3 is 6.09 Å². The van der Waals surface area contributed by atoms with Gasteiger partial charge in [-0.1, -0.05) is 89.9 Å². The lowest BCUT2D eigenvalue weighted by Crippen LogP contribution is -2.41. The van der Waals surface area contributed by atoms with Gasteiger partial charge < -0.3 is 4.74 Å². The SMILES string of the molecule is C[C@@H](c1ccccc1)N1[C@H](Cc2ccccc2)C(=O)N(C(=O)OC(C)(C)C)[C@H]1c1c(Cl)cccc1Cl. The third kappa shape index (κ3) is 5.44. The molecule has 0 saturated carbocycles. The maximum Gasteiger partial charge on any atom is 0.418 e. The Morgan fingerprint density at radius 3 is 2.03 bits per heavy atom. The van der Waals surface area contributed by atoms with Crippen molar-refractivity contribution in [2.45, 2.75) is 58.0 Å². The number of halogens is 2. The standard InChI is InChI=1S/C29H30Cl2N2O3/c1-19(21-14-9-6-10-15-21)32-24(18-20-12-7-5-8-13-20)27(34)33(28(35)36-29(2,3)4)26(32)25-22(30)16-11-17-23(25)31/h5-17,19,24,26H,18H2,1-4H3/t19-,24+,26-/m0/s1. The first-order valence-corrected chi connectivity index (χ1v) is 12.7. The molecule has 1 heterocycles. The van der Waals surface area contributed by atoms with Crippen LogP contribution in [0.3, 0.4) is 0 Å². The van der Waals surface area contributed by atoms with Crippen molar-refractivity contribution in [2.24, 2.45) is 0 Å². The van der Waals surface area contributed by atoms with Crippen LogP contribution in [-0.2, 0) is 16.0 Å². The summed E-state index contributed by atoms with van der Waals surface area (Å²) in [6.07, 6.45) is -1.17. The first-order valence-electron chi connectivity index (χ1n) is 11.9. The molecule has 2 amide bonds. The van der Waals surface area contributed by atoms with Gasteiger partial charge in [0.15, 0.2) is 0 Å². The lowest BCUT2D eigenvalue weighted by Gasteiger charge is -2.36. The molecule has 0 radical (unpaired) electrons. The van der Waals surface area contributed by atoms with Crippen molar-refractivity contribution >= 4 is 35.2 Å². The number of hydrogen-bond acceptors (Lipinski definition) is 4. The highest BCUT2D eigenvalue weighted by Crippen LogP contribution is 2.46. The zero-order chi connectivity index (χ0) is 26.0. The molecule has 3 atom stereocenters. The van der Waals surface area contributed by atoms with Gasteiger partial charge in [0.25, 0.3) is 5.91 Å². The Kier molecular flexibility index (Phi) is 7.74. The highest BCUT2D eigenvalue weighted by atomic mass is 35.5. The molecule has 36 heavy (non-hydrogen) atoms. The Labute approximate surface area is 222 Å². The molecule has 1 fully saturated rings. The van der Waals surface area contributed by atoms with E-state index in [4.69, 9.17) is 27.9 Å². The largest absolute Gasteiger partial charge is 0.443 e. The van der Waals surface area contributed by atoms with E-state index < -0.39 is 23.9 Å². The summed E-state index contributed by atoms with van der Waals surface area (Å²) >= 11 is 13.4. The monoisotopic (exact) mass is 524 g/mol. The summed E-state index contributed by atoms with van der Waals surface area (Å²) in [5.41, 5.74) is 1.69. The zero-order valence-electron chi connectivity index (χ0n) is 20.8. The highest BCUT2D eigenvalue weighted by molar-refractivity contribution is 6.36. The second kappa shape index (κ2) is 10.6. The van der Waals surface area contributed by atoms with Crippen LogP contribution >= 0.6 is 23.2 Å². The lowest BCUT2D eigenvalue weighted by molar-refractivity contribution is -0.129. The Balaban J connectivity index is 1.90. The van der Waals surface area contributed by atoms with Crippen LogP contribution in [0.4, 0.5) is 4.79 Å². The average Bonchev–Trinajstić information content (AvgIpc) is 3.10. The molecule has 5 nitrogen and oxygen atoms in total. The van der Waals surface area contributed by atoms with E-state index in [0.717, 1.165) is 11.1 Å². The molecule has 7 heteroatoms. The van der Waals surface area contributed by atoms with Crippen LogP contribution in [-0.4, -0.2) is 33.4 Å². The number of rotatable bonds is 5. The summed E-state index contributed by atoms with van der Waals surface area (Å²) in [4.78, 5) is 30.9. The molecule has 188 valence electrons. The van der Waals surface area contributed by atoms with E-state index in [1.807, 2.05) is 72.5 Å². The van der Waals surface area contributed by atoms with Gasteiger partial charge in [0.05, 0.1) is 6.04 Å². The Hall–Kier alpha value is -2.86. The van der Waals surface area contributed by atoms with E-state index in [1.165, 1.54) is 4.90 Å². The van der Waals surface area contributed by atoms with Gasteiger partial charge in [0, 0.05) is 21.7 Å². The van der Waals surface area contributed by atoms with E-state index in [-0.39, 0.29) is 11.9 Å². The quantitative estimate of drug-likeness (QED) is 0.347. The van der Waals surface area contributed by atoms with Gasteiger partial charge in [-0.25, -0.2) is 9.69 Å². The van der Waals surface area contributed by atoms with Gasteiger partial charge in [-0.3, -0.25) is 9.69 Å². The van der Waals surface area contributed by atoms with Crippen LogP contribution < -0.4 is 0 Å². The summed E-state index contributed by atoms with van der Waals surface area (Å²) in [5, 5.41) is 0.749. The summed E-state index contributed by atoms with van der Waals surface area (Å²) in [6.45, 7) is 7.34. The molecular weight excluding hydrogens is 495 g/mol. The van der Waals surface area contributed by atoms with Gasteiger partial charge in [0.1, 0.15) is 11.8 Å². The van der Waals surface area contributed by atoms with Gasteiger partial charge in [-0.15, -0.1) is 0 Å². The molecule has 0 spiro atoms. The van der Waals surface area contributed by atoms with E-state index >= 15 is 0 Å². The lowest BCUT2D eigenvalue weighted by atomic mass is 9.99. The van der Waals surface area contributed by atoms with E-state index in [9.17, 15) is 9.59 Å². The van der Waals surface area contributed by atoms with Crippen molar-refractivity contribution in [3.05, 3.63) is 106 Å². The normalized spacial score (nSPS) is 19.4. The maximum absolute atomic E-state index is 14.1. The molecule has 1 aliphatic rings. The number of carbonyl (C=O) groups excluding carboxylic acids is 2. The zero-order valence-corrected chi connectivity index (χ0v) is 22.3. The Morgan fingerprint density at radius 1 is 0.917 bits per heavy atom. The fourth-order valence-electron chi connectivity index (χ4n) is 4.66. The second-order valence-electron chi connectivity index (χ2n) is 9.94. The predicted octanol–water partition coefficient (Wildman–Crippen LogP) is 7.44. The number of benzene rings is 3. The van der Waals surface area contributed by atoms with Crippen molar-refractivity contribution in [1.29, 1.82) is 0 Å². The van der Waals surface area contributed by atoms with Crippen molar-refractivity contribution < 1.29 is 14.3 Å².